The van der Waals surface area contributed by atoms with Gasteiger partial charge >= 0.3 is 0 Å². The zero-order chi connectivity index (χ0) is 21.7. The van der Waals surface area contributed by atoms with Crippen LogP contribution in [0.25, 0.3) is 5.69 Å². The highest BCUT2D eigenvalue weighted by atomic mass is 19.1. The minimum absolute atomic E-state index is 0.0638. The van der Waals surface area contributed by atoms with E-state index in [1.807, 2.05) is 0 Å². The molecule has 0 saturated heterocycles. The summed E-state index contributed by atoms with van der Waals surface area (Å²) in [5.74, 6) is 0.209. The summed E-state index contributed by atoms with van der Waals surface area (Å²) in [5.41, 5.74) is 0.447. The number of rotatable bonds is 7. The van der Waals surface area contributed by atoms with E-state index in [2.05, 4.69) is 10.4 Å². The quantitative estimate of drug-likeness (QED) is 0.641. The summed E-state index contributed by atoms with van der Waals surface area (Å²) in [6, 6.07) is 12.8. The van der Waals surface area contributed by atoms with E-state index in [-0.39, 0.29) is 5.88 Å². The van der Waals surface area contributed by atoms with Crippen LogP contribution in [0.1, 0.15) is 6.92 Å². The summed E-state index contributed by atoms with van der Waals surface area (Å²) in [5, 5.41) is 6.81. The van der Waals surface area contributed by atoms with Gasteiger partial charge in [0.25, 0.3) is 11.5 Å². The molecule has 3 aromatic rings. The van der Waals surface area contributed by atoms with Crippen LogP contribution in [0.3, 0.4) is 0 Å². The van der Waals surface area contributed by atoms with Crippen LogP contribution in [0.5, 0.6) is 17.4 Å². The fourth-order valence-electron chi connectivity index (χ4n) is 2.62. The molecule has 0 radical (unpaired) electrons. The Labute approximate surface area is 171 Å². The highest BCUT2D eigenvalue weighted by molar-refractivity contribution is 5.94. The Kier molecular flexibility index (Phi) is 6.31. The van der Waals surface area contributed by atoms with Crippen molar-refractivity contribution in [3.8, 4) is 23.1 Å². The lowest BCUT2D eigenvalue weighted by molar-refractivity contribution is -0.122. The van der Waals surface area contributed by atoms with Crippen LogP contribution in [0.15, 0.2) is 59.4 Å². The molecule has 0 aliphatic heterocycles. The number of carbonyl (C=O) groups excluding carboxylic acids is 1. The molecule has 0 bridgehead atoms. The molecule has 1 atom stereocenters. The Morgan fingerprint density at radius 2 is 1.73 bits per heavy atom. The van der Waals surface area contributed by atoms with Gasteiger partial charge in [0.1, 0.15) is 5.82 Å². The normalized spacial score (nSPS) is 11.5. The van der Waals surface area contributed by atoms with E-state index in [1.54, 1.807) is 25.1 Å². The highest BCUT2D eigenvalue weighted by Gasteiger charge is 2.17. The number of ether oxygens (including phenoxy) is 3. The van der Waals surface area contributed by atoms with Crippen molar-refractivity contribution in [3.63, 3.8) is 0 Å². The van der Waals surface area contributed by atoms with Gasteiger partial charge in [0.05, 0.1) is 19.9 Å². The molecule has 8 nitrogen and oxygen atoms in total. The summed E-state index contributed by atoms with van der Waals surface area (Å²) in [6.45, 7) is 1.55. The number of carbonyl (C=O) groups is 1. The molecule has 0 saturated carbocycles. The first kappa shape index (κ1) is 20.8. The molecule has 0 aliphatic rings. The Morgan fingerprint density at radius 3 is 2.40 bits per heavy atom. The fourth-order valence-corrected chi connectivity index (χ4v) is 2.62. The van der Waals surface area contributed by atoms with Crippen LogP contribution in [0.4, 0.5) is 10.1 Å². The van der Waals surface area contributed by atoms with Gasteiger partial charge in [0, 0.05) is 23.9 Å². The zero-order valence-electron chi connectivity index (χ0n) is 16.6. The molecule has 1 N–H and O–H groups in total. The number of benzene rings is 2. The molecule has 0 aliphatic carbocycles. The molecule has 0 fully saturated rings. The molecular weight excluding hydrogens is 393 g/mol. The number of hydrogen-bond acceptors (Lipinski definition) is 6. The van der Waals surface area contributed by atoms with Crippen molar-refractivity contribution < 1.29 is 23.4 Å². The van der Waals surface area contributed by atoms with E-state index in [0.717, 1.165) is 4.68 Å². The van der Waals surface area contributed by atoms with Gasteiger partial charge in [-0.1, -0.05) is 0 Å². The fraction of sp³-hybridized carbons (Fsp3) is 0.190. The van der Waals surface area contributed by atoms with Crippen molar-refractivity contribution in [2.24, 2.45) is 0 Å². The average Bonchev–Trinajstić information content (AvgIpc) is 2.75. The maximum absolute atomic E-state index is 13.1. The molecule has 30 heavy (non-hydrogen) atoms. The van der Waals surface area contributed by atoms with Crippen LogP contribution in [-0.2, 0) is 4.79 Å². The number of aromatic nitrogens is 2. The van der Waals surface area contributed by atoms with Crippen LogP contribution in [0, 0.1) is 5.82 Å². The lowest BCUT2D eigenvalue weighted by atomic mass is 10.2. The second-order valence-corrected chi connectivity index (χ2v) is 6.22. The second-order valence-electron chi connectivity index (χ2n) is 6.22. The number of halogens is 1. The van der Waals surface area contributed by atoms with Crippen molar-refractivity contribution in [2.45, 2.75) is 13.0 Å². The monoisotopic (exact) mass is 413 g/mol. The van der Waals surface area contributed by atoms with Gasteiger partial charge < -0.3 is 19.5 Å². The first-order chi connectivity index (χ1) is 14.4. The summed E-state index contributed by atoms with van der Waals surface area (Å²) >= 11 is 0. The Bertz CT molecular complexity index is 1100. The summed E-state index contributed by atoms with van der Waals surface area (Å²) in [6.07, 6.45) is -0.912. The number of anilines is 1. The molecule has 9 heteroatoms. The molecule has 1 aromatic heterocycles. The van der Waals surface area contributed by atoms with Crippen molar-refractivity contribution in [3.05, 3.63) is 70.8 Å². The van der Waals surface area contributed by atoms with Crippen LogP contribution in [-0.4, -0.2) is 36.0 Å². The summed E-state index contributed by atoms with van der Waals surface area (Å²) in [4.78, 5) is 24.6. The number of amides is 1. The summed E-state index contributed by atoms with van der Waals surface area (Å²) < 4.78 is 30.1. The van der Waals surface area contributed by atoms with E-state index in [9.17, 15) is 14.0 Å². The van der Waals surface area contributed by atoms with Crippen molar-refractivity contribution in [1.82, 2.24) is 9.78 Å². The molecule has 1 amide bonds. The van der Waals surface area contributed by atoms with Crippen LogP contribution in [0.2, 0.25) is 0 Å². The lowest BCUT2D eigenvalue weighted by Crippen LogP contribution is -2.31. The minimum Gasteiger partial charge on any atom is -0.493 e. The standard InChI is InChI=1S/C21H20FN3O5/c1-13(21(27)23-15-6-9-17(28-2)18(12-15)29-3)30-19-10-11-20(26)25(24-19)16-7-4-14(22)5-8-16/h4-13H,1-3H3,(H,23,27)/t13-/m0/s1. The number of nitrogens with one attached hydrogen (secondary N) is 1. The van der Waals surface area contributed by atoms with Gasteiger partial charge in [-0.15, -0.1) is 5.10 Å². The molecule has 1 heterocycles. The van der Waals surface area contributed by atoms with Gasteiger partial charge in [0.2, 0.25) is 5.88 Å². The molecule has 156 valence electrons. The van der Waals surface area contributed by atoms with E-state index >= 15 is 0 Å². The van der Waals surface area contributed by atoms with Gasteiger partial charge in [-0.05, 0) is 43.3 Å². The van der Waals surface area contributed by atoms with E-state index < -0.39 is 23.4 Å². The number of nitrogens with zero attached hydrogens (tertiary/aromatic N) is 2. The predicted molar refractivity (Wildman–Crippen MR) is 108 cm³/mol. The van der Waals surface area contributed by atoms with Crippen molar-refractivity contribution >= 4 is 11.6 Å². The predicted octanol–water partition coefficient (Wildman–Crippen LogP) is 2.79. The Morgan fingerprint density at radius 1 is 1.03 bits per heavy atom. The van der Waals surface area contributed by atoms with Crippen molar-refractivity contribution in [1.29, 1.82) is 0 Å². The molecule has 0 unspecified atom stereocenters. The molecule has 2 aromatic carbocycles. The third-order valence-electron chi connectivity index (χ3n) is 4.16. The first-order valence-corrected chi connectivity index (χ1v) is 8.97. The largest absolute Gasteiger partial charge is 0.493 e. The summed E-state index contributed by atoms with van der Waals surface area (Å²) in [7, 11) is 3.02. The van der Waals surface area contributed by atoms with Crippen molar-refractivity contribution in [2.75, 3.05) is 19.5 Å². The van der Waals surface area contributed by atoms with E-state index in [4.69, 9.17) is 14.2 Å². The van der Waals surface area contributed by atoms with Gasteiger partial charge in [-0.3, -0.25) is 9.59 Å². The Hall–Kier alpha value is -3.88. The lowest BCUT2D eigenvalue weighted by Gasteiger charge is -2.16. The zero-order valence-corrected chi connectivity index (χ0v) is 16.6. The Balaban J connectivity index is 1.73. The third-order valence-corrected chi connectivity index (χ3v) is 4.16. The van der Waals surface area contributed by atoms with E-state index in [1.165, 1.54) is 50.6 Å². The van der Waals surface area contributed by atoms with Gasteiger partial charge in [-0.25, -0.2) is 4.39 Å². The topological polar surface area (TPSA) is 91.7 Å². The van der Waals surface area contributed by atoms with Crippen LogP contribution >= 0.6 is 0 Å². The molecule has 0 spiro atoms. The molecular formula is C21H20FN3O5. The maximum atomic E-state index is 13.1. The molecule has 3 rings (SSSR count). The second kappa shape index (κ2) is 9.08. The van der Waals surface area contributed by atoms with Crippen LogP contribution < -0.4 is 25.1 Å². The van der Waals surface area contributed by atoms with Gasteiger partial charge in [-0.2, -0.15) is 4.68 Å². The third kappa shape index (κ3) is 4.75. The SMILES string of the molecule is COc1ccc(NC(=O)[C@H](C)Oc2ccc(=O)n(-c3ccc(F)cc3)n2)cc1OC. The average molecular weight is 413 g/mol. The van der Waals surface area contributed by atoms with Gasteiger partial charge in [0.15, 0.2) is 17.6 Å². The smallest absolute Gasteiger partial charge is 0.271 e. The highest BCUT2D eigenvalue weighted by Crippen LogP contribution is 2.29. The maximum Gasteiger partial charge on any atom is 0.271 e. The first-order valence-electron chi connectivity index (χ1n) is 8.97. The van der Waals surface area contributed by atoms with E-state index in [0.29, 0.717) is 22.9 Å². The number of methoxy groups -OCH3 is 2. The minimum atomic E-state index is -0.912. The number of hydrogen-bond donors (Lipinski definition) is 1.